The molecule has 2 N–H and O–H groups in total. The van der Waals surface area contributed by atoms with Crippen molar-refractivity contribution in [1.29, 1.82) is 5.26 Å². The molecule has 0 radical (unpaired) electrons. The lowest BCUT2D eigenvalue weighted by Crippen LogP contribution is -2.22. The van der Waals surface area contributed by atoms with Crippen LogP contribution < -0.4 is 4.74 Å². The molecule has 16 heavy (non-hydrogen) atoms. The van der Waals surface area contributed by atoms with Crippen LogP contribution in [0.4, 0.5) is 0 Å². The van der Waals surface area contributed by atoms with Crippen LogP contribution in [-0.2, 0) is 5.41 Å². The highest BCUT2D eigenvalue weighted by Crippen LogP contribution is 2.35. The maximum absolute atomic E-state index is 9.81. The van der Waals surface area contributed by atoms with Gasteiger partial charge in [-0.3, -0.25) is 0 Å². The molecule has 4 nitrogen and oxygen atoms in total. The number of phenols is 1. The number of aliphatic hydroxyl groups is 1. The van der Waals surface area contributed by atoms with Gasteiger partial charge in [-0.2, -0.15) is 5.26 Å². The van der Waals surface area contributed by atoms with Crippen molar-refractivity contribution >= 4 is 0 Å². The number of rotatable bonds is 3. The minimum absolute atomic E-state index is 0.0231. The van der Waals surface area contributed by atoms with Gasteiger partial charge in [-0.05, 0) is 6.07 Å². The second kappa shape index (κ2) is 4.42. The minimum atomic E-state index is -0.595. The summed E-state index contributed by atoms with van der Waals surface area (Å²) in [7, 11) is 1.44. The third kappa shape index (κ3) is 2.10. The Labute approximate surface area is 94.7 Å². The van der Waals surface area contributed by atoms with Crippen molar-refractivity contribution in [2.75, 3.05) is 13.7 Å². The number of hydrogen-bond acceptors (Lipinski definition) is 4. The summed E-state index contributed by atoms with van der Waals surface area (Å²) < 4.78 is 4.97. The van der Waals surface area contributed by atoms with Crippen molar-refractivity contribution < 1.29 is 14.9 Å². The molecule has 0 bridgehead atoms. The summed E-state index contributed by atoms with van der Waals surface area (Å²) >= 11 is 0. The molecule has 0 atom stereocenters. The van der Waals surface area contributed by atoms with Crippen LogP contribution in [0.15, 0.2) is 12.1 Å². The summed E-state index contributed by atoms with van der Waals surface area (Å²) in [6, 6.07) is 4.93. The first-order valence-electron chi connectivity index (χ1n) is 4.88. The molecule has 0 spiro atoms. The van der Waals surface area contributed by atoms with E-state index >= 15 is 0 Å². The molecule has 4 heteroatoms. The van der Waals surface area contributed by atoms with E-state index in [0.717, 1.165) is 0 Å². The Balaban J connectivity index is 3.39. The molecular formula is C12H15NO3. The first-order chi connectivity index (χ1) is 7.46. The zero-order valence-corrected chi connectivity index (χ0v) is 9.61. The molecule has 0 heterocycles. The number of hydrogen-bond donors (Lipinski definition) is 2. The van der Waals surface area contributed by atoms with Crippen LogP contribution in [0, 0.1) is 11.3 Å². The van der Waals surface area contributed by atoms with E-state index in [-0.39, 0.29) is 12.4 Å². The van der Waals surface area contributed by atoms with Crippen LogP contribution in [0.1, 0.15) is 25.0 Å². The summed E-state index contributed by atoms with van der Waals surface area (Å²) in [5.41, 5.74) is 0.284. The van der Waals surface area contributed by atoms with E-state index < -0.39 is 5.41 Å². The highest BCUT2D eigenvalue weighted by molar-refractivity contribution is 5.53. The molecule has 0 aromatic heterocycles. The number of nitriles is 1. The monoisotopic (exact) mass is 221 g/mol. The van der Waals surface area contributed by atoms with Gasteiger partial charge >= 0.3 is 0 Å². The van der Waals surface area contributed by atoms with Crippen LogP contribution in [0.25, 0.3) is 0 Å². The topological polar surface area (TPSA) is 73.5 Å². The Morgan fingerprint density at radius 2 is 2.06 bits per heavy atom. The first kappa shape index (κ1) is 12.3. The average molecular weight is 221 g/mol. The molecule has 0 amide bonds. The molecule has 86 valence electrons. The zero-order chi connectivity index (χ0) is 12.3. The van der Waals surface area contributed by atoms with Gasteiger partial charge in [-0.1, -0.05) is 13.8 Å². The lowest BCUT2D eigenvalue weighted by atomic mass is 9.84. The second-order valence-corrected chi connectivity index (χ2v) is 4.22. The third-order valence-electron chi connectivity index (χ3n) is 2.56. The molecule has 0 aliphatic heterocycles. The molecule has 0 saturated carbocycles. The van der Waals surface area contributed by atoms with Gasteiger partial charge in [0.25, 0.3) is 0 Å². The van der Waals surface area contributed by atoms with Gasteiger partial charge in [0, 0.05) is 17.0 Å². The molecule has 0 saturated heterocycles. The fourth-order valence-corrected chi connectivity index (χ4v) is 1.45. The van der Waals surface area contributed by atoms with Crippen LogP contribution in [0.5, 0.6) is 11.5 Å². The van der Waals surface area contributed by atoms with Crippen LogP contribution in [0.3, 0.4) is 0 Å². The van der Waals surface area contributed by atoms with Crippen LogP contribution >= 0.6 is 0 Å². The first-order valence-corrected chi connectivity index (χ1v) is 4.88. The largest absolute Gasteiger partial charge is 0.508 e. The van der Waals surface area contributed by atoms with Crippen molar-refractivity contribution in [2.24, 2.45) is 0 Å². The molecule has 0 aliphatic carbocycles. The Bertz CT molecular complexity index is 433. The lowest BCUT2D eigenvalue weighted by Gasteiger charge is -2.24. The van der Waals surface area contributed by atoms with E-state index in [1.807, 2.05) is 6.07 Å². The van der Waals surface area contributed by atoms with Gasteiger partial charge in [0.2, 0.25) is 0 Å². The van der Waals surface area contributed by atoms with Gasteiger partial charge in [-0.15, -0.1) is 0 Å². The molecule has 0 unspecified atom stereocenters. The fraction of sp³-hybridized carbons (Fsp3) is 0.417. The normalized spacial score (nSPS) is 10.9. The summed E-state index contributed by atoms with van der Waals surface area (Å²) in [6.45, 7) is 3.46. The number of phenolic OH excluding ortho intramolecular Hbond substituents is 1. The van der Waals surface area contributed by atoms with Gasteiger partial charge in [0.15, 0.2) is 0 Å². The Morgan fingerprint density at radius 3 is 2.50 bits per heavy atom. The van der Waals surface area contributed by atoms with E-state index in [1.165, 1.54) is 13.2 Å². The summed E-state index contributed by atoms with van der Waals surface area (Å²) in [4.78, 5) is 0. The Hall–Kier alpha value is -1.73. The second-order valence-electron chi connectivity index (χ2n) is 4.22. The molecule has 1 aromatic carbocycles. The number of methoxy groups -OCH3 is 1. The van der Waals surface area contributed by atoms with Crippen molar-refractivity contribution in [3.8, 4) is 17.6 Å². The SMILES string of the molecule is COc1cc(O)c(C(C)(C)CO)cc1C#N. The summed E-state index contributed by atoms with van der Waals surface area (Å²) in [6.07, 6.45) is 0. The third-order valence-corrected chi connectivity index (χ3v) is 2.56. The van der Waals surface area contributed by atoms with Crippen LogP contribution in [-0.4, -0.2) is 23.9 Å². The fourth-order valence-electron chi connectivity index (χ4n) is 1.45. The van der Waals surface area contributed by atoms with E-state index in [9.17, 15) is 10.2 Å². The molecular weight excluding hydrogens is 206 g/mol. The van der Waals surface area contributed by atoms with Gasteiger partial charge in [0.05, 0.1) is 19.3 Å². The molecule has 0 aliphatic rings. The van der Waals surface area contributed by atoms with Crippen molar-refractivity contribution in [1.82, 2.24) is 0 Å². The van der Waals surface area contributed by atoms with Gasteiger partial charge in [-0.25, -0.2) is 0 Å². The number of benzene rings is 1. The molecule has 1 aromatic rings. The lowest BCUT2D eigenvalue weighted by molar-refractivity contribution is 0.215. The maximum atomic E-state index is 9.81. The van der Waals surface area contributed by atoms with Crippen LogP contribution in [0.2, 0.25) is 0 Å². The number of aliphatic hydroxyl groups excluding tert-OH is 1. The van der Waals surface area contributed by atoms with Crippen molar-refractivity contribution in [2.45, 2.75) is 19.3 Å². The van der Waals surface area contributed by atoms with E-state index in [1.54, 1.807) is 19.9 Å². The highest BCUT2D eigenvalue weighted by Gasteiger charge is 2.24. The number of ether oxygens (including phenoxy) is 1. The van der Waals surface area contributed by atoms with Gasteiger partial charge in [0.1, 0.15) is 17.6 Å². The van der Waals surface area contributed by atoms with E-state index in [4.69, 9.17) is 10.00 Å². The molecule has 0 fully saturated rings. The highest BCUT2D eigenvalue weighted by atomic mass is 16.5. The summed E-state index contributed by atoms with van der Waals surface area (Å²) in [5, 5.41) is 28.0. The average Bonchev–Trinajstić information content (AvgIpc) is 2.28. The smallest absolute Gasteiger partial charge is 0.140 e. The predicted molar refractivity (Wildman–Crippen MR) is 59.5 cm³/mol. The number of nitrogens with zero attached hydrogens (tertiary/aromatic N) is 1. The molecule has 1 rings (SSSR count). The number of aromatic hydroxyl groups is 1. The predicted octanol–water partition coefficient (Wildman–Crippen LogP) is 1.54. The van der Waals surface area contributed by atoms with Crippen molar-refractivity contribution in [3.63, 3.8) is 0 Å². The Morgan fingerprint density at radius 1 is 1.44 bits per heavy atom. The standard InChI is InChI=1S/C12H15NO3/c1-12(2,7-14)9-4-8(6-13)11(16-3)5-10(9)15/h4-5,14-15H,7H2,1-3H3. The van der Waals surface area contributed by atoms with E-state index in [2.05, 4.69) is 0 Å². The van der Waals surface area contributed by atoms with Gasteiger partial charge < -0.3 is 14.9 Å². The zero-order valence-electron chi connectivity index (χ0n) is 9.61. The maximum Gasteiger partial charge on any atom is 0.140 e. The van der Waals surface area contributed by atoms with Crippen molar-refractivity contribution in [3.05, 3.63) is 23.3 Å². The Kier molecular flexibility index (Phi) is 3.41. The summed E-state index contributed by atoms with van der Waals surface area (Å²) in [5.74, 6) is 0.354. The quantitative estimate of drug-likeness (QED) is 0.812. The van der Waals surface area contributed by atoms with E-state index in [0.29, 0.717) is 16.9 Å². The minimum Gasteiger partial charge on any atom is -0.508 e.